The van der Waals surface area contributed by atoms with Crippen LogP contribution in [0.4, 0.5) is 23.7 Å². The van der Waals surface area contributed by atoms with Gasteiger partial charge in [0, 0.05) is 38.6 Å². The van der Waals surface area contributed by atoms with Crippen molar-refractivity contribution in [3.05, 3.63) is 23.3 Å². The summed E-state index contributed by atoms with van der Waals surface area (Å²) in [6.07, 6.45) is -4.64. The fraction of sp³-hybridized carbons (Fsp3) is 0.656. The van der Waals surface area contributed by atoms with Gasteiger partial charge in [0.25, 0.3) is 11.8 Å². The van der Waals surface area contributed by atoms with Gasteiger partial charge in [-0.3, -0.25) is 19.2 Å². The smallest absolute Gasteiger partial charge is 0.417 e. The maximum absolute atomic E-state index is 14.3. The number of amides is 5. The summed E-state index contributed by atoms with van der Waals surface area (Å²) in [6.45, 7) is 13.4. The summed E-state index contributed by atoms with van der Waals surface area (Å²) < 4.78 is 54.0. The largest absolute Gasteiger partial charge is 0.476 e. The van der Waals surface area contributed by atoms with Gasteiger partial charge in [-0.15, -0.1) is 0 Å². The molecule has 2 aliphatic rings. The molecule has 0 bridgehead atoms. The van der Waals surface area contributed by atoms with Crippen molar-refractivity contribution >= 4 is 35.4 Å². The van der Waals surface area contributed by atoms with Gasteiger partial charge in [-0.25, -0.2) is 4.79 Å². The number of benzene rings is 1. The molecule has 0 radical (unpaired) electrons. The molecule has 0 aromatic heterocycles. The van der Waals surface area contributed by atoms with E-state index in [1.165, 1.54) is 23.6 Å². The molecule has 12 nitrogen and oxygen atoms in total. The molecule has 1 saturated heterocycles. The Morgan fingerprint density at radius 1 is 1.13 bits per heavy atom. The first-order valence-corrected chi connectivity index (χ1v) is 15.8. The average molecular weight is 670 g/mol. The lowest BCUT2D eigenvalue weighted by atomic mass is 9.97. The quantitative estimate of drug-likeness (QED) is 0.360. The second kappa shape index (κ2) is 14.4. The highest BCUT2D eigenvalue weighted by molar-refractivity contribution is 6.05. The predicted octanol–water partition coefficient (Wildman–Crippen LogP) is 4.01. The van der Waals surface area contributed by atoms with Crippen LogP contribution in [0.5, 0.6) is 5.75 Å². The van der Waals surface area contributed by atoms with Crippen LogP contribution in [0.25, 0.3) is 0 Å². The lowest BCUT2D eigenvalue weighted by molar-refractivity contribution is -0.138. The maximum atomic E-state index is 14.3. The zero-order valence-electron chi connectivity index (χ0n) is 28.2. The highest BCUT2D eigenvalue weighted by Crippen LogP contribution is 2.44. The SMILES string of the molecule is CCC(=O)NCCN1C(=O)C(C)(C)Oc2cc(C(F)(F)F)c(C(=O)N[C@@H]3CCCN(C(=O)[C@@H](NC(=O)OC(C)(C)C)C(C)C)C3)cc21. The fourth-order valence-corrected chi connectivity index (χ4v) is 5.39. The number of hydrogen-bond donors (Lipinski definition) is 3. The minimum atomic E-state index is -4.94. The molecule has 47 heavy (non-hydrogen) atoms. The number of alkyl halides is 3. The van der Waals surface area contributed by atoms with Crippen LogP contribution in [0.1, 0.15) is 90.6 Å². The Balaban J connectivity index is 1.87. The molecule has 1 fully saturated rings. The minimum absolute atomic E-state index is 0.00905. The summed E-state index contributed by atoms with van der Waals surface area (Å²) in [7, 11) is 0. The number of nitrogens with one attached hydrogen (secondary N) is 3. The van der Waals surface area contributed by atoms with Crippen molar-refractivity contribution in [1.82, 2.24) is 20.9 Å². The number of hydrogen-bond acceptors (Lipinski definition) is 7. The minimum Gasteiger partial charge on any atom is -0.476 e. The normalized spacial score (nSPS) is 18.6. The van der Waals surface area contributed by atoms with E-state index in [9.17, 15) is 37.1 Å². The van der Waals surface area contributed by atoms with E-state index in [2.05, 4.69) is 16.0 Å². The number of carbonyl (C=O) groups is 5. The van der Waals surface area contributed by atoms with E-state index in [0.29, 0.717) is 25.5 Å². The van der Waals surface area contributed by atoms with Gasteiger partial charge in [-0.05, 0) is 65.5 Å². The van der Waals surface area contributed by atoms with Gasteiger partial charge < -0.3 is 35.2 Å². The Labute approximate surface area is 273 Å². The first-order valence-electron chi connectivity index (χ1n) is 15.8. The van der Waals surface area contributed by atoms with Crippen molar-refractivity contribution in [3.8, 4) is 5.75 Å². The van der Waals surface area contributed by atoms with Gasteiger partial charge in [0.1, 0.15) is 17.4 Å². The zero-order valence-corrected chi connectivity index (χ0v) is 28.2. The van der Waals surface area contributed by atoms with Crippen LogP contribution in [0.3, 0.4) is 0 Å². The van der Waals surface area contributed by atoms with Crippen LogP contribution < -0.4 is 25.6 Å². The van der Waals surface area contributed by atoms with Crippen molar-refractivity contribution in [3.63, 3.8) is 0 Å². The topological polar surface area (TPSA) is 146 Å². The molecule has 0 unspecified atom stereocenters. The third-order valence-electron chi connectivity index (χ3n) is 7.72. The molecule has 1 aromatic rings. The summed E-state index contributed by atoms with van der Waals surface area (Å²) in [5, 5.41) is 7.89. The molecule has 2 heterocycles. The van der Waals surface area contributed by atoms with Gasteiger partial charge in [-0.1, -0.05) is 20.8 Å². The number of carbonyl (C=O) groups excluding carboxylic acids is 5. The van der Waals surface area contributed by atoms with Crippen LogP contribution in [0, 0.1) is 5.92 Å². The fourth-order valence-electron chi connectivity index (χ4n) is 5.39. The molecule has 262 valence electrons. The average Bonchev–Trinajstić information content (AvgIpc) is 2.95. The Morgan fingerprint density at radius 2 is 1.79 bits per heavy atom. The van der Waals surface area contributed by atoms with Crippen molar-refractivity contribution in [1.29, 1.82) is 0 Å². The molecule has 1 aromatic carbocycles. The number of anilines is 1. The van der Waals surface area contributed by atoms with Gasteiger partial charge >= 0.3 is 12.3 Å². The molecule has 3 rings (SSSR count). The molecule has 2 atom stereocenters. The van der Waals surface area contributed by atoms with Gasteiger partial charge in [0.05, 0.1) is 16.8 Å². The Bertz CT molecular complexity index is 1370. The predicted molar refractivity (Wildman–Crippen MR) is 167 cm³/mol. The number of ether oxygens (including phenoxy) is 2. The number of halogens is 3. The van der Waals surface area contributed by atoms with E-state index in [1.54, 1.807) is 41.5 Å². The van der Waals surface area contributed by atoms with Gasteiger partial charge in [0.2, 0.25) is 11.8 Å². The third kappa shape index (κ3) is 9.50. The van der Waals surface area contributed by atoms with Crippen molar-refractivity contribution in [2.45, 2.75) is 104 Å². The lowest BCUT2D eigenvalue weighted by Gasteiger charge is -2.39. The van der Waals surface area contributed by atoms with Gasteiger partial charge in [0.15, 0.2) is 5.60 Å². The first-order chi connectivity index (χ1) is 21.6. The molecule has 15 heteroatoms. The van der Waals surface area contributed by atoms with Crippen molar-refractivity contribution in [2.24, 2.45) is 5.92 Å². The Kier molecular flexibility index (Phi) is 11.5. The summed E-state index contributed by atoms with van der Waals surface area (Å²) in [6, 6.07) is 0.0751. The van der Waals surface area contributed by atoms with Crippen LogP contribution in [-0.4, -0.2) is 84.1 Å². The van der Waals surface area contributed by atoms with Crippen molar-refractivity contribution < 1.29 is 46.6 Å². The van der Waals surface area contributed by atoms with E-state index >= 15 is 0 Å². The summed E-state index contributed by atoms with van der Waals surface area (Å²) >= 11 is 0. The monoisotopic (exact) mass is 669 g/mol. The number of piperidine rings is 1. The molecular weight excluding hydrogens is 623 g/mol. The number of alkyl carbamates (subject to hydrolysis) is 1. The third-order valence-corrected chi connectivity index (χ3v) is 7.72. The molecular formula is C32H46F3N5O7. The second-order valence-electron chi connectivity index (χ2n) is 13.6. The Hall–Kier alpha value is -4.04. The second-order valence-corrected chi connectivity index (χ2v) is 13.6. The summed E-state index contributed by atoms with van der Waals surface area (Å²) in [5.41, 5.74) is -4.28. The van der Waals surface area contributed by atoms with Crippen LogP contribution in [0.15, 0.2) is 12.1 Å². The van der Waals surface area contributed by atoms with E-state index in [0.717, 1.165) is 6.07 Å². The molecule has 2 aliphatic heterocycles. The number of likely N-dealkylation sites (tertiary alicyclic amines) is 1. The number of fused-ring (bicyclic) bond motifs is 1. The maximum Gasteiger partial charge on any atom is 0.417 e. The summed E-state index contributed by atoms with van der Waals surface area (Å²) in [4.78, 5) is 67.1. The molecule has 0 aliphatic carbocycles. The highest BCUT2D eigenvalue weighted by atomic mass is 19.4. The van der Waals surface area contributed by atoms with Crippen LogP contribution in [-0.2, 0) is 25.3 Å². The van der Waals surface area contributed by atoms with E-state index in [-0.39, 0.29) is 49.3 Å². The first kappa shape index (κ1) is 37.4. The lowest BCUT2D eigenvalue weighted by Crippen LogP contribution is -2.57. The molecule has 3 N–H and O–H groups in total. The van der Waals surface area contributed by atoms with E-state index in [4.69, 9.17) is 9.47 Å². The summed E-state index contributed by atoms with van der Waals surface area (Å²) in [5.74, 6) is -2.79. The molecule has 0 saturated carbocycles. The molecule has 5 amide bonds. The zero-order chi connectivity index (χ0) is 35.5. The van der Waals surface area contributed by atoms with Gasteiger partial charge in [-0.2, -0.15) is 13.2 Å². The van der Waals surface area contributed by atoms with Crippen LogP contribution >= 0.6 is 0 Å². The highest BCUT2D eigenvalue weighted by Gasteiger charge is 2.44. The van der Waals surface area contributed by atoms with Crippen molar-refractivity contribution in [2.75, 3.05) is 31.1 Å². The number of rotatable bonds is 9. The number of nitrogens with zero attached hydrogens (tertiary/aromatic N) is 2. The van der Waals surface area contributed by atoms with E-state index < -0.39 is 64.4 Å². The van der Waals surface area contributed by atoms with Crippen LogP contribution in [0.2, 0.25) is 0 Å². The Morgan fingerprint density at radius 3 is 2.36 bits per heavy atom. The molecule has 0 spiro atoms. The van der Waals surface area contributed by atoms with E-state index in [1.807, 2.05) is 0 Å². The standard InChI is InChI=1S/C32H46F3N5O7/c1-9-24(41)36-12-14-40-22-15-20(21(32(33,34)35)16-23(22)46-31(7,8)28(40)44)26(42)37-19-11-10-13-39(17-19)27(43)25(18(2)3)38-29(45)47-30(4,5)6/h15-16,18-19,25H,9-14,17H2,1-8H3,(H,36,41)(H,37,42)(H,38,45)/t19-,25+/m1/s1.